The van der Waals surface area contributed by atoms with Gasteiger partial charge in [-0.3, -0.25) is 4.79 Å². The number of rotatable bonds is 4. The van der Waals surface area contributed by atoms with Crippen molar-refractivity contribution in [1.82, 2.24) is 15.0 Å². The lowest BCUT2D eigenvalue weighted by atomic mass is 10.1. The maximum Gasteiger partial charge on any atom is 0.257 e. The van der Waals surface area contributed by atoms with Crippen molar-refractivity contribution in [2.45, 2.75) is 45.6 Å². The van der Waals surface area contributed by atoms with Crippen LogP contribution in [0.5, 0.6) is 0 Å². The Morgan fingerprint density at radius 1 is 1.48 bits per heavy atom. The highest BCUT2D eigenvalue weighted by Crippen LogP contribution is 2.24. The molecule has 3 heterocycles. The first kappa shape index (κ1) is 13.9. The van der Waals surface area contributed by atoms with E-state index < -0.39 is 0 Å². The van der Waals surface area contributed by atoms with Crippen molar-refractivity contribution in [3.05, 3.63) is 35.4 Å². The standard InChI is InChI=1S/C15H19N3O3/c1-10-13(7-9-20-10)15(19)18-8-3-4-12(18)5-6-14-16-11(2)21-17-14/h7,9,12H,3-6,8H2,1-2H3. The molecule has 0 aliphatic carbocycles. The number of nitrogens with zero attached hydrogens (tertiary/aromatic N) is 3. The van der Waals surface area contributed by atoms with Gasteiger partial charge in [-0.15, -0.1) is 0 Å². The Hall–Kier alpha value is -2.11. The summed E-state index contributed by atoms with van der Waals surface area (Å²) in [6, 6.07) is 1.99. The number of furan rings is 1. The summed E-state index contributed by atoms with van der Waals surface area (Å²) >= 11 is 0. The van der Waals surface area contributed by atoms with Crippen LogP contribution in [0.4, 0.5) is 0 Å². The van der Waals surface area contributed by atoms with Crippen LogP contribution in [0.3, 0.4) is 0 Å². The number of carbonyl (C=O) groups excluding carboxylic acids is 1. The van der Waals surface area contributed by atoms with E-state index in [0.29, 0.717) is 23.0 Å². The number of carbonyl (C=O) groups is 1. The quantitative estimate of drug-likeness (QED) is 0.864. The van der Waals surface area contributed by atoms with E-state index in [-0.39, 0.29) is 11.9 Å². The topological polar surface area (TPSA) is 72.4 Å². The largest absolute Gasteiger partial charge is 0.469 e. The molecule has 6 heteroatoms. The fraction of sp³-hybridized carbons (Fsp3) is 0.533. The highest BCUT2D eigenvalue weighted by molar-refractivity contribution is 5.95. The van der Waals surface area contributed by atoms with Crippen LogP contribution in [0.25, 0.3) is 0 Å². The first-order chi connectivity index (χ1) is 10.1. The van der Waals surface area contributed by atoms with E-state index in [9.17, 15) is 4.79 Å². The van der Waals surface area contributed by atoms with E-state index in [1.54, 1.807) is 19.3 Å². The monoisotopic (exact) mass is 289 g/mol. The average molecular weight is 289 g/mol. The smallest absolute Gasteiger partial charge is 0.257 e. The molecule has 0 saturated carbocycles. The molecule has 3 rings (SSSR count). The van der Waals surface area contributed by atoms with Crippen molar-refractivity contribution in [3.8, 4) is 0 Å². The summed E-state index contributed by atoms with van der Waals surface area (Å²) in [6.07, 6.45) is 5.23. The number of amides is 1. The number of hydrogen-bond donors (Lipinski definition) is 0. The molecule has 2 aromatic heterocycles. The molecule has 6 nitrogen and oxygen atoms in total. The van der Waals surface area contributed by atoms with Gasteiger partial charge in [0.1, 0.15) is 5.76 Å². The zero-order chi connectivity index (χ0) is 14.8. The van der Waals surface area contributed by atoms with Gasteiger partial charge in [0, 0.05) is 25.9 Å². The zero-order valence-corrected chi connectivity index (χ0v) is 12.3. The molecule has 1 amide bonds. The third kappa shape index (κ3) is 2.84. The van der Waals surface area contributed by atoms with Gasteiger partial charge >= 0.3 is 0 Å². The highest BCUT2D eigenvalue weighted by atomic mass is 16.5. The van der Waals surface area contributed by atoms with Gasteiger partial charge in [-0.25, -0.2) is 0 Å². The first-order valence-electron chi connectivity index (χ1n) is 7.29. The fourth-order valence-corrected chi connectivity index (χ4v) is 2.90. The second-order valence-corrected chi connectivity index (χ2v) is 5.45. The lowest BCUT2D eigenvalue weighted by Gasteiger charge is -2.24. The predicted octanol–water partition coefficient (Wildman–Crippen LogP) is 2.52. The molecule has 0 N–H and O–H groups in total. The molecule has 112 valence electrons. The molecule has 1 unspecified atom stereocenters. The van der Waals surface area contributed by atoms with E-state index in [1.165, 1.54) is 0 Å². The van der Waals surface area contributed by atoms with Crippen molar-refractivity contribution in [2.75, 3.05) is 6.54 Å². The van der Waals surface area contributed by atoms with Crippen LogP contribution < -0.4 is 0 Å². The summed E-state index contributed by atoms with van der Waals surface area (Å²) in [5.74, 6) is 2.04. The van der Waals surface area contributed by atoms with Gasteiger partial charge in [0.2, 0.25) is 5.89 Å². The minimum Gasteiger partial charge on any atom is -0.469 e. The molecular formula is C15H19N3O3. The molecule has 1 fully saturated rings. The molecule has 0 radical (unpaired) electrons. The summed E-state index contributed by atoms with van der Waals surface area (Å²) in [4.78, 5) is 18.7. The van der Waals surface area contributed by atoms with Gasteiger partial charge < -0.3 is 13.8 Å². The number of aromatic nitrogens is 2. The molecule has 1 aliphatic rings. The van der Waals surface area contributed by atoms with Crippen LogP contribution in [0, 0.1) is 13.8 Å². The summed E-state index contributed by atoms with van der Waals surface area (Å²) in [6.45, 7) is 4.41. The molecule has 1 atom stereocenters. The van der Waals surface area contributed by atoms with E-state index in [1.807, 2.05) is 11.8 Å². The molecule has 1 saturated heterocycles. The number of likely N-dealkylation sites (tertiary alicyclic amines) is 1. The third-order valence-electron chi connectivity index (χ3n) is 4.00. The van der Waals surface area contributed by atoms with Crippen LogP contribution in [0.15, 0.2) is 21.3 Å². The zero-order valence-electron chi connectivity index (χ0n) is 12.3. The second-order valence-electron chi connectivity index (χ2n) is 5.45. The van der Waals surface area contributed by atoms with Gasteiger partial charge in [0.15, 0.2) is 5.82 Å². The maximum atomic E-state index is 12.6. The minimum atomic E-state index is 0.0630. The minimum absolute atomic E-state index is 0.0630. The second kappa shape index (κ2) is 5.71. The third-order valence-corrected chi connectivity index (χ3v) is 4.00. The van der Waals surface area contributed by atoms with E-state index >= 15 is 0 Å². The Bertz CT molecular complexity index is 632. The van der Waals surface area contributed by atoms with E-state index in [4.69, 9.17) is 8.94 Å². The summed E-state index contributed by atoms with van der Waals surface area (Å²) in [5, 5.41) is 3.91. The van der Waals surface area contributed by atoms with Gasteiger partial charge in [-0.05, 0) is 32.3 Å². The van der Waals surface area contributed by atoms with E-state index in [0.717, 1.165) is 32.2 Å². The SMILES string of the molecule is Cc1nc(CCC2CCCN2C(=O)c2ccoc2C)no1. The Balaban J connectivity index is 1.65. The van der Waals surface area contributed by atoms with Crippen LogP contribution >= 0.6 is 0 Å². The number of hydrogen-bond acceptors (Lipinski definition) is 5. The fourth-order valence-electron chi connectivity index (χ4n) is 2.90. The van der Waals surface area contributed by atoms with Crippen molar-refractivity contribution < 1.29 is 13.7 Å². The maximum absolute atomic E-state index is 12.6. The van der Waals surface area contributed by atoms with Crippen LogP contribution in [0.1, 0.15) is 47.1 Å². The Morgan fingerprint density at radius 2 is 2.33 bits per heavy atom. The normalized spacial score (nSPS) is 18.4. The predicted molar refractivity (Wildman–Crippen MR) is 74.9 cm³/mol. The van der Waals surface area contributed by atoms with Gasteiger partial charge in [-0.2, -0.15) is 4.98 Å². The van der Waals surface area contributed by atoms with Gasteiger partial charge in [-0.1, -0.05) is 5.16 Å². The van der Waals surface area contributed by atoms with Crippen molar-refractivity contribution in [3.63, 3.8) is 0 Å². The average Bonchev–Trinajstić information content (AvgIpc) is 3.16. The number of aryl methyl sites for hydroxylation is 3. The Labute approximate surface area is 123 Å². The molecule has 0 spiro atoms. The van der Waals surface area contributed by atoms with Crippen LogP contribution in [-0.4, -0.2) is 33.5 Å². The lowest BCUT2D eigenvalue weighted by Crippen LogP contribution is -2.36. The first-order valence-corrected chi connectivity index (χ1v) is 7.29. The molecule has 2 aromatic rings. The summed E-state index contributed by atoms with van der Waals surface area (Å²) in [5.41, 5.74) is 0.664. The molecule has 0 aromatic carbocycles. The molecule has 1 aliphatic heterocycles. The van der Waals surface area contributed by atoms with Crippen molar-refractivity contribution in [2.24, 2.45) is 0 Å². The Morgan fingerprint density at radius 3 is 3.00 bits per heavy atom. The molecular weight excluding hydrogens is 270 g/mol. The van der Waals surface area contributed by atoms with Crippen LogP contribution in [-0.2, 0) is 6.42 Å². The highest BCUT2D eigenvalue weighted by Gasteiger charge is 2.30. The van der Waals surface area contributed by atoms with Gasteiger partial charge in [0.25, 0.3) is 5.91 Å². The lowest BCUT2D eigenvalue weighted by molar-refractivity contribution is 0.0728. The van der Waals surface area contributed by atoms with E-state index in [2.05, 4.69) is 10.1 Å². The summed E-state index contributed by atoms with van der Waals surface area (Å²) < 4.78 is 10.2. The summed E-state index contributed by atoms with van der Waals surface area (Å²) in [7, 11) is 0. The molecule has 0 bridgehead atoms. The van der Waals surface area contributed by atoms with Crippen LogP contribution in [0.2, 0.25) is 0 Å². The van der Waals surface area contributed by atoms with Crippen molar-refractivity contribution >= 4 is 5.91 Å². The van der Waals surface area contributed by atoms with Gasteiger partial charge in [0.05, 0.1) is 11.8 Å². The Kier molecular flexibility index (Phi) is 3.77. The van der Waals surface area contributed by atoms with Crippen molar-refractivity contribution in [1.29, 1.82) is 0 Å². The molecule has 21 heavy (non-hydrogen) atoms.